The van der Waals surface area contributed by atoms with Gasteiger partial charge in [-0.3, -0.25) is 4.79 Å². The summed E-state index contributed by atoms with van der Waals surface area (Å²) in [5.74, 6) is 1.33. The van der Waals surface area contributed by atoms with Crippen molar-refractivity contribution in [3.8, 4) is 0 Å². The summed E-state index contributed by atoms with van der Waals surface area (Å²) >= 11 is 7.40. The van der Waals surface area contributed by atoms with Crippen LogP contribution in [0.1, 0.15) is 5.82 Å². The molecule has 0 radical (unpaired) electrons. The summed E-state index contributed by atoms with van der Waals surface area (Å²) in [6, 6.07) is 8.75. The van der Waals surface area contributed by atoms with E-state index in [1.54, 1.807) is 0 Å². The third-order valence-electron chi connectivity index (χ3n) is 1.98. The molecular formula is C11H10ClN3OS. The molecule has 1 aromatic heterocycles. The van der Waals surface area contributed by atoms with Crippen molar-refractivity contribution in [2.75, 3.05) is 5.73 Å². The molecule has 88 valence electrons. The Morgan fingerprint density at radius 3 is 2.94 bits per heavy atom. The molecular weight excluding hydrogens is 258 g/mol. The van der Waals surface area contributed by atoms with Crippen LogP contribution in [0.5, 0.6) is 0 Å². The van der Waals surface area contributed by atoms with Crippen LogP contribution in [-0.2, 0) is 5.75 Å². The van der Waals surface area contributed by atoms with E-state index in [1.165, 1.54) is 17.8 Å². The zero-order chi connectivity index (χ0) is 12.3. The number of aromatic nitrogens is 2. The van der Waals surface area contributed by atoms with Gasteiger partial charge < -0.3 is 10.7 Å². The normalized spacial score (nSPS) is 10.4. The number of anilines is 1. The fourth-order valence-electron chi connectivity index (χ4n) is 1.31. The van der Waals surface area contributed by atoms with E-state index in [2.05, 4.69) is 9.97 Å². The van der Waals surface area contributed by atoms with Crippen molar-refractivity contribution < 1.29 is 0 Å². The van der Waals surface area contributed by atoms with Crippen molar-refractivity contribution >= 4 is 29.2 Å². The molecule has 2 aromatic rings. The van der Waals surface area contributed by atoms with Gasteiger partial charge in [0, 0.05) is 16.0 Å². The fraction of sp³-hybridized carbons (Fsp3) is 0.0909. The SMILES string of the molecule is Nc1cc(=O)[nH]c(CSc2cccc(Cl)c2)n1. The average molecular weight is 268 g/mol. The molecule has 3 N–H and O–H groups in total. The average Bonchev–Trinajstić information content (AvgIpc) is 2.25. The molecule has 0 saturated carbocycles. The molecule has 0 spiro atoms. The van der Waals surface area contributed by atoms with E-state index in [0.717, 1.165) is 4.90 Å². The van der Waals surface area contributed by atoms with Crippen LogP contribution in [0.3, 0.4) is 0 Å². The minimum Gasteiger partial charge on any atom is -0.383 e. The predicted molar refractivity (Wildman–Crippen MR) is 70.3 cm³/mol. The summed E-state index contributed by atoms with van der Waals surface area (Å²) in [4.78, 5) is 18.9. The molecule has 17 heavy (non-hydrogen) atoms. The number of nitrogens with one attached hydrogen (secondary N) is 1. The van der Waals surface area contributed by atoms with Gasteiger partial charge in [-0.05, 0) is 18.2 Å². The Morgan fingerprint density at radius 2 is 2.24 bits per heavy atom. The van der Waals surface area contributed by atoms with E-state index in [1.807, 2.05) is 24.3 Å². The molecule has 1 aromatic carbocycles. The first kappa shape index (κ1) is 12.0. The molecule has 1 heterocycles. The summed E-state index contributed by atoms with van der Waals surface area (Å²) in [5.41, 5.74) is 5.25. The van der Waals surface area contributed by atoms with Gasteiger partial charge in [0.1, 0.15) is 11.6 Å². The number of H-pyrrole nitrogens is 1. The number of nitrogens with zero attached hydrogens (tertiary/aromatic N) is 1. The minimum atomic E-state index is -0.237. The van der Waals surface area contributed by atoms with Crippen LogP contribution in [0.25, 0.3) is 0 Å². The number of hydrogen-bond donors (Lipinski definition) is 2. The third-order valence-corrected chi connectivity index (χ3v) is 3.22. The predicted octanol–water partition coefficient (Wildman–Crippen LogP) is 2.30. The van der Waals surface area contributed by atoms with Gasteiger partial charge in [0.25, 0.3) is 5.56 Å². The Kier molecular flexibility index (Phi) is 3.71. The lowest BCUT2D eigenvalue weighted by molar-refractivity contribution is 1.01. The maximum absolute atomic E-state index is 11.2. The highest BCUT2D eigenvalue weighted by atomic mass is 35.5. The van der Waals surface area contributed by atoms with E-state index in [0.29, 0.717) is 16.6 Å². The lowest BCUT2D eigenvalue weighted by atomic mass is 10.4. The number of aromatic amines is 1. The van der Waals surface area contributed by atoms with Crippen LogP contribution in [0.4, 0.5) is 5.82 Å². The number of thioether (sulfide) groups is 1. The van der Waals surface area contributed by atoms with E-state index < -0.39 is 0 Å². The molecule has 0 fully saturated rings. The third kappa shape index (κ3) is 3.51. The summed E-state index contributed by atoms with van der Waals surface area (Å²) in [7, 11) is 0. The van der Waals surface area contributed by atoms with E-state index in [9.17, 15) is 4.79 Å². The highest BCUT2D eigenvalue weighted by Gasteiger charge is 2.01. The molecule has 0 amide bonds. The molecule has 0 aliphatic heterocycles. The quantitative estimate of drug-likeness (QED) is 0.837. The van der Waals surface area contributed by atoms with Crippen molar-refractivity contribution in [3.05, 3.63) is 51.5 Å². The first-order chi connectivity index (χ1) is 8.13. The first-order valence-corrected chi connectivity index (χ1v) is 6.24. The van der Waals surface area contributed by atoms with Gasteiger partial charge in [0.15, 0.2) is 0 Å². The molecule has 0 atom stereocenters. The number of benzene rings is 1. The lowest BCUT2D eigenvalue weighted by Crippen LogP contribution is -2.11. The van der Waals surface area contributed by atoms with Crippen LogP contribution < -0.4 is 11.3 Å². The highest BCUT2D eigenvalue weighted by Crippen LogP contribution is 2.23. The van der Waals surface area contributed by atoms with Gasteiger partial charge in [-0.15, -0.1) is 11.8 Å². The Labute approximate surface area is 107 Å². The van der Waals surface area contributed by atoms with Crippen LogP contribution in [0, 0.1) is 0 Å². The maximum Gasteiger partial charge on any atom is 0.252 e. The Morgan fingerprint density at radius 1 is 1.41 bits per heavy atom. The molecule has 6 heteroatoms. The largest absolute Gasteiger partial charge is 0.383 e. The van der Waals surface area contributed by atoms with Crippen molar-refractivity contribution in [3.63, 3.8) is 0 Å². The van der Waals surface area contributed by atoms with E-state index >= 15 is 0 Å². The van der Waals surface area contributed by atoms with Gasteiger partial charge in [-0.25, -0.2) is 4.98 Å². The number of nitrogen functional groups attached to an aromatic ring is 1. The van der Waals surface area contributed by atoms with Crippen LogP contribution in [0.15, 0.2) is 40.0 Å². The number of halogens is 1. The summed E-state index contributed by atoms with van der Waals surface area (Å²) in [6.45, 7) is 0. The van der Waals surface area contributed by atoms with Crippen molar-refractivity contribution in [2.45, 2.75) is 10.6 Å². The van der Waals surface area contributed by atoms with Gasteiger partial charge in [-0.1, -0.05) is 17.7 Å². The molecule has 0 aliphatic rings. The molecule has 2 rings (SSSR count). The van der Waals surface area contributed by atoms with Gasteiger partial charge in [-0.2, -0.15) is 0 Å². The van der Waals surface area contributed by atoms with Gasteiger partial charge >= 0.3 is 0 Å². The van der Waals surface area contributed by atoms with Gasteiger partial charge in [0.2, 0.25) is 0 Å². The van der Waals surface area contributed by atoms with Crippen molar-refractivity contribution in [1.82, 2.24) is 9.97 Å². The van der Waals surface area contributed by atoms with Crippen molar-refractivity contribution in [1.29, 1.82) is 0 Å². The van der Waals surface area contributed by atoms with E-state index in [4.69, 9.17) is 17.3 Å². The van der Waals surface area contributed by atoms with Crippen molar-refractivity contribution in [2.24, 2.45) is 0 Å². The van der Waals surface area contributed by atoms with Gasteiger partial charge in [0.05, 0.1) is 5.75 Å². The minimum absolute atomic E-state index is 0.232. The second-order valence-corrected chi connectivity index (χ2v) is 4.85. The zero-order valence-corrected chi connectivity index (χ0v) is 10.4. The second kappa shape index (κ2) is 5.25. The topological polar surface area (TPSA) is 71.8 Å². The van der Waals surface area contributed by atoms with Crippen LogP contribution in [-0.4, -0.2) is 9.97 Å². The number of hydrogen-bond acceptors (Lipinski definition) is 4. The highest BCUT2D eigenvalue weighted by molar-refractivity contribution is 7.98. The number of nitrogens with two attached hydrogens (primary N) is 1. The molecule has 0 aliphatic carbocycles. The maximum atomic E-state index is 11.2. The summed E-state index contributed by atoms with van der Waals surface area (Å²) in [5, 5.41) is 0.684. The summed E-state index contributed by atoms with van der Waals surface area (Å²) in [6.07, 6.45) is 0. The van der Waals surface area contributed by atoms with Crippen LogP contribution in [0.2, 0.25) is 5.02 Å². The Balaban J connectivity index is 2.09. The summed E-state index contributed by atoms with van der Waals surface area (Å²) < 4.78 is 0. The second-order valence-electron chi connectivity index (χ2n) is 3.36. The molecule has 0 saturated heterocycles. The lowest BCUT2D eigenvalue weighted by Gasteiger charge is -2.02. The molecule has 0 bridgehead atoms. The van der Waals surface area contributed by atoms with Crippen LogP contribution >= 0.6 is 23.4 Å². The Bertz CT molecular complexity index is 585. The first-order valence-electron chi connectivity index (χ1n) is 4.87. The number of rotatable bonds is 3. The fourth-order valence-corrected chi connectivity index (χ4v) is 2.39. The molecule has 0 unspecified atom stereocenters. The smallest absolute Gasteiger partial charge is 0.252 e. The zero-order valence-electron chi connectivity index (χ0n) is 8.81. The monoisotopic (exact) mass is 267 g/mol. The molecule has 4 nitrogen and oxygen atoms in total. The van der Waals surface area contributed by atoms with E-state index in [-0.39, 0.29) is 11.4 Å². The standard InChI is InChI=1S/C11H10ClN3OS/c12-7-2-1-3-8(4-7)17-6-10-14-9(13)5-11(16)15-10/h1-5H,6H2,(H3,13,14,15,16). The Hall–Kier alpha value is -1.46.